The van der Waals surface area contributed by atoms with Crippen molar-refractivity contribution in [1.82, 2.24) is 9.97 Å². The highest BCUT2D eigenvalue weighted by Gasteiger charge is 1.95. The van der Waals surface area contributed by atoms with Gasteiger partial charge in [0.25, 0.3) is 0 Å². The number of anilines is 1. The number of carbonyl (C=O) groups excluding carboxylic acids is 1. The van der Waals surface area contributed by atoms with Crippen molar-refractivity contribution in [3.05, 3.63) is 6.33 Å². The molecule has 3 N–H and O–H groups in total. The van der Waals surface area contributed by atoms with Crippen LogP contribution in [0, 0.1) is 0 Å². The highest BCUT2D eigenvalue weighted by Crippen LogP contribution is 2.12. The maximum absolute atomic E-state index is 9.62. The van der Waals surface area contributed by atoms with Gasteiger partial charge in [-0.2, -0.15) is 0 Å². The van der Waals surface area contributed by atoms with Gasteiger partial charge in [-0.15, -0.1) is 4.99 Å². The summed E-state index contributed by atoms with van der Waals surface area (Å²) >= 11 is 0. The molecule has 0 aromatic carbocycles. The molecule has 1 rings (SSSR count). The summed E-state index contributed by atoms with van der Waals surface area (Å²) in [5, 5.41) is 0. The van der Waals surface area contributed by atoms with E-state index in [9.17, 15) is 4.79 Å². The Labute approximate surface area is 50.6 Å². The van der Waals surface area contributed by atoms with E-state index in [0.29, 0.717) is 0 Å². The average Bonchev–Trinajstić information content (AvgIpc) is 2.18. The molecule has 1 aromatic heterocycles. The number of hydrogen-bond acceptors (Lipinski definition) is 4. The number of aromatic amines is 1. The topological polar surface area (TPSA) is 84.1 Å². The molecule has 0 unspecified atom stereocenters. The summed E-state index contributed by atoms with van der Waals surface area (Å²) in [6.07, 6.45) is 2.68. The van der Waals surface area contributed by atoms with Crippen LogP contribution in [0.15, 0.2) is 11.3 Å². The lowest BCUT2D eigenvalue weighted by Gasteiger charge is -1.80. The summed E-state index contributed by atoms with van der Waals surface area (Å²) in [5.74, 6) is 0.461. The van der Waals surface area contributed by atoms with Gasteiger partial charge in [-0.05, 0) is 0 Å². The van der Waals surface area contributed by atoms with E-state index in [2.05, 4.69) is 15.0 Å². The van der Waals surface area contributed by atoms with Crippen molar-refractivity contribution in [1.29, 1.82) is 0 Å². The van der Waals surface area contributed by atoms with Crippen LogP contribution in [0.4, 0.5) is 11.6 Å². The Balaban J connectivity index is 3.07. The molecular weight excluding hydrogens is 120 g/mol. The van der Waals surface area contributed by atoms with Crippen LogP contribution in [0.2, 0.25) is 0 Å². The summed E-state index contributed by atoms with van der Waals surface area (Å²) in [7, 11) is 0. The number of nitrogen functional groups attached to an aromatic ring is 1. The van der Waals surface area contributed by atoms with Crippen molar-refractivity contribution >= 4 is 17.7 Å². The van der Waals surface area contributed by atoms with Gasteiger partial charge < -0.3 is 10.7 Å². The van der Waals surface area contributed by atoms with Gasteiger partial charge in [0.2, 0.25) is 11.9 Å². The third-order valence-corrected chi connectivity index (χ3v) is 0.799. The molecule has 0 fully saturated rings. The summed E-state index contributed by atoms with van der Waals surface area (Å²) in [4.78, 5) is 19.0. The Morgan fingerprint density at radius 3 is 3.11 bits per heavy atom. The van der Waals surface area contributed by atoms with E-state index in [-0.39, 0.29) is 11.6 Å². The zero-order chi connectivity index (χ0) is 6.69. The molecule has 9 heavy (non-hydrogen) atoms. The minimum atomic E-state index is 0.185. The summed E-state index contributed by atoms with van der Waals surface area (Å²) < 4.78 is 0. The van der Waals surface area contributed by atoms with Crippen LogP contribution in [0.5, 0.6) is 0 Å². The number of nitrogens with two attached hydrogens (primary N) is 1. The number of aliphatic imine (C=N–C) groups is 1. The minimum Gasteiger partial charge on any atom is -0.382 e. The highest BCUT2D eigenvalue weighted by molar-refractivity contribution is 5.56. The molecule has 0 aliphatic heterocycles. The fourth-order valence-corrected chi connectivity index (χ4v) is 0.429. The van der Waals surface area contributed by atoms with Gasteiger partial charge in [0.15, 0.2) is 0 Å². The third kappa shape index (κ3) is 0.949. The third-order valence-electron chi connectivity index (χ3n) is 0.799. The first-order chi connectivity index (χ1) is 4.34. The standard InChI is InChI=1S/C4H4N4O/c5-3-4(8-2-9)7-1-6-3/h1H,5H2,(H,6,7). The van der Waals surface area contributed by atoms with Crippen LogP contribution in [-0.4, -0.2) is 16.0 Å². The number of H-pyrrole nitrogens is 1. The van der Waals surface area contributed by atoms with Crippen LogP contribution >= 0.6 is 0 Å². The second-order valence-electron chi connectivity index (χ2n) is 1.34. The molecule has 0 aliphatic carbocycles. The van der Waals surface area contributed by atoms with E-state index in [1.165, 1.54) is 12.4 Å². The lowest BCUT2D eigenvalue weighted by molar-refractivity contribution is 0.565. The second kappa shape index (κ2) is 2.11. The predicted octanol–water partition coefficient (Wildman–Crippen LogP) is -0.0408. The fourth-order valence-electron chi connectivity index (χ4n) is 0.429. The van der Waals surface area contributed by atoms with Crippen molar-refractivity contribution in [2.45, 2.75) is 0 Å². The monoisotopic (exact) mass is 124 g/mol. The molecule has 0 saturated carbocycles. The SMILES string of the molecule is Nc1[nH]cnc1N=C=O. The van der Waals surface area contributed by atoms with Gasteiger partial charge >= 0.3 is 0 Å². The van der Waals surface area contributed by atoms with Crippen LogP contribution in [0.25, 0.3) is 0 Å². The smallest absolute Gasteiger partial charge is 0.242 e. The van der Waals surface area contributed by atoms with Crippen LogP contribution < -0.4 is 5.73 Å². The van der Waals surface area contributed by atoms with E-state index in [1.807, 2.05) is 0 Å². The zero-order valence-corrected chi connectivity index (χ0v) is 4.46. The van der Waals surface area contributed by atoms with Gasteiger partial charge in [0.1, 0.15) is 5.82 Å². The highest BCUT2D eigenvalue weighted by atomic mass is 16.1. The molecular formula is C4H4N4O. The molecule has 46 valence electrons. The summed E-state index contributed by atoms with van der Waals surface area (Å²) in [6, 6.07) is 0. The second-order valence-corrected chi connectivity index (χ2v) is 1.34. The van der Waals surface area contributed by atoms with Crippen LogP contribution in [0.3, 0.4) is 0 Å². The van der Waals surface area contributed by atoms with Gasteiger partial charge in [-0.3, -0.25) is 0 Å². The summed E-state index contributed by atoms with van der Waals surface area (Å²) in [6.45, 7) is 0. The molecule has 0 radical (unpaired) electrons. The molecule has 0 amide bonds. The predicted molar refractivity (Wildman–Crippen MR) is 30.8 cm³/mol. The van der Waals surface area contributed by atoms with Gasteiger partial charge in [0, 0.05) is 0 Å². The molecule has 1 aromatic rings. The van der Waals surface area contributed by atoms with E-state index in [1.54, 1.807) is 0 Å². The van der Waals surface area contributed by atoms with Gasteiger partial charge in [0.05, 0.1) is 6.33 Å². The molecule has 0 saturated heterocycles. The van der Waals surface area contributed by atoms with Gasteiger partial charge in [-0.25, -0.2) is 9.78 Å². The molecule has 0 atom stereocenters. The molecule has 1 heterocycles. The number of isocyanates is 1. The van der Waals surface area contributed by atoms with E-state index >= 15 is 0 Å². The molecule has 5 nitrogen and oxygen atoms in total. The molecule has 5 heteroatoms. The average molecular weight is 124 g/mol. The van der Waals surface area contributed by atoms with Crippen molar-refractivity contribution < 1.29 is 4.79 Å². The first kappa shape index (κ1) is 5.53. The number of hydrogen-bond donors (Lipinski definition) is 2. The first-order valence-corrected chi connectivity index (χ1v) is 2.21. The quantitative estimate of drug-likeness (QED) is 0.407. The number of rotatable bonds is 1. The number of nitrogens with one attached hydrogen (secondary N) is 1. The number of nitrogens with zero attached hydrogens (tertiary/aromatic N) is 2. The molecule has 0 aliphatic rings. The normalized spacial score (nSPS) is 8.44. The molecule has 0 spiro atoms. The van der Waals surface area contributed by atoms with Crippen molar-refractivity contribution in [2.75, 3.05) is 5.73 Å². The Kier molecular flexibility index (Phi) is 1.29. The van der Waals surface area contributed by atoms with Crippen LogP contribution in [0.1, 0.15) is 0 Å². The van der Waals surface area contributed by atoms with E-state index in [0.717, 1.165) is 0 Å². The Bertz CT molecular complexity index is 247. The maximum Gasteiger partial charge on any atom is 0.242 e. The Morgan fingerprint density at radius 2 is 2.67 bits per heavy atom. The summed E-state index contributed by atoms with van der Waals surface area (Å²) in [5.41, 5.74) is 5.24. The largest absolute Gasteiger partial charge is 0.382 e. The lowest BCUT2D eigenvalue weighted by Crippen LogP contribution is -1.82. The first-order valence-electron chi connectivity index (χ1n) is 2.21. The Morgan fingerprint density at radius 1 is 1.89 bits per heavy atom. The Hall–Kier alpha value is -1.61. The van der Waals surface area contributed by atoms with Gasteiger partial charge in [-0.1, -0.05) is 0 Å². The number of aromatic nitrogens is 2. The van der Waals surface area contributed by atoms with Crippen molar-refractivity contribution in [3.8, 4) is 0 Å². The van der Waals surface area contributed by atoms with E-state index in [4.69, 9.17) is 5.73 Å². The maximum atomic E-state index is 9.62. The fraction of sp³-hybridized carbons (Fsp3) is 0. The zero-order valence-electron chi connectivity index (χ0n) is 4.46. The van der Waals surface area contributed by atoms with Crippen molar-refractivity contribution in [2.24, 2.45) is 4.99 Å². The number of imidazole rings is 1. The lowest BCUT2D eigenvalue weighted by atomic mass is 10.7. The van der Waals surface area contributed by atoms with E-state index < -0.39 is 0 Å². The minimum absolute atomic E-state index is 0.185. The van der Waals surface area contributed by atoms with Crippen LogP contribution in [-0.2, 0) is 4.79 Å². The molecule has 0 bridgehead atoms. The van der Waals surface area contributed by atoms with Crippen molar-refractivity contribution in [3.63, 3.8) is 0 Å².